The molecule has 1 N–H and O–H groups in total. The lowest BCUT2D eigenvalue weighted by molar-refractivity contribution is 0.0954. The molecule has 1 aromatic heterocycles. The number of methoxy groups -OCH3 is 1. The molecule has 2 heterocycles. The van der Waals surface area contributed by atoms with E-state index in [4.69, 9.17) is 4.74 Å². The van der Waals surface area contributed by atoms with Gasteiger partial charge in [-0.05, 0) is 53.8 Å². The predicted octanol–water partition coefficient (Wildman–Crippen LogP) is 3.63. The van der Waals surface area contributed by atoms with Crippen molar-refractivity contribution >= 4 is 11.7 Å². The second-order valence-electron chi connectivity index (χ2n) is 7.20. The summed E-state index contributed by atoms with van der Waals surface area (Å²) >= 11 is 0. The Hall–Kier alpha value is -3.34. The summed E-state index contributed by atoms with van der Waals surface area (Å²) in [5.41, 5.74) is 4.53. The Bertz CT molecular complexity index is 985. The van der Waals surface area contributed by atoms with Crippen molar-refractivity contribution in [1.82, 2.24) is 10.3 Å². The maximum atomic E-state index is 12.6. The molecule has 5 nitrogen and oxygen atoms in total. The number of amides is 1. The second kappa shape index (κ2) is 8.78. The average molecular weight is 387 g/mol. The lowest BCUT2D eigenvalue weighted by atomic mass is 10.00. The molecule has 0 atom stereocenters. The number of anilines is 1. The highest BCUT2D eigenvalue weighted by atomic mass is 16.5. The van der Waals surface area contributed by atoms with Crippen LogP contribution in [0.5, 0.6) is 5.75 Å². The van der Waals surface area contributed by atoms with Crippen LogP contribution in [-0.2, 0) is 19.4 Å². The van der Waals surface area contributed by atoms with Gasteiger partial charge >= 0.3 is 0 Å². The molecule has 0 spiro atoms. The lowest BCUT2D eigenvalue weighted by Crippen LogP contribution is -2.31. The summed E-state index contributed by atoms with van der Waals surface area (Å²) in [7, 11) is 1.65. The molecular formula is C24H25N3O2. The molecule has 4 rings (SSSR count). The first-order valence-corrected chi connectivity index (χ1v) is 9.92. The molecule has 5 heteroatoms. The van der Waals surface area contributed by atoms with Crippen molar-refractivity contribution in [3.63, 3.8) is 0 Å². The van der Waals surface area contributed by atoms with Gasteiger partial charge in [-0.1, -0.05) is 36.4 Å². The van der Waals surface area contributed by atoms with Crippen LogP contribution < -0.4 is 15.0 Å². The van der Waals surface area contributed by atoms with Crippen molar-refractivity contribution < 1.29 is 9.53 Å². The summed E-state index contributed by atoms with van der Waals surface area (Å²) in [5, 5.41) is 3.01. The Morgan fingerprint density at radius 2 is 1.90 bits per heavy atom. The third kappa shape index (κ3) is 4.57. The molecular weight excluding hydrogens is 362 g/mol. The highest BCUT2D eigenvalue weighted by Gasteiger charge is 2.18. The Morgan fingerprint density at radius 1 is 1.10 bits per heavy atom. The van der Waals surface area contributed by atoms with Crippen LogP contribution >= 0.6 is 0 Å². The van der Waals surface area contributed by atoms with Crippen molar-refractivity contribution in [3.8, 4) is 5.75 Å². The number of rotatable bonds is 6. The normalized spacial score (nSPS) is 12.9. The van der Waals surface area contributed by atoms with Crippen LogP contribution in [0.3, 0.4) is 0 Å². The molecule has 1 amide bonds. The van der Waals surface area contributed by atoms with E-state index in [1.54, 1.807) is 19.4 Å². The van der Waals surface area contributed by atoms with E-state index in [-0.39, 0.29) is 5.91 Å². The Labute approximate surface area is 171 Å². The summed E-state index contributed by atoms with van der Waals surface area (Å²) in [6.45, 7) is 2.32. The molecule has 0 saturated carbocycles. The summed E-state index contributed by atoms with van der Waals surface area (Å²) < 4.78 is 5.17. The van der Waals surface area contributed by atoms with Gasteiger partial charge in [0.2, 0.25) is 0 Å². The Balaban J connectivity index is 1.36. The molecule has 0 fully saturated rings. The molecule has 0 unspecified atom stereocenters. The van der Waals surface area contributed by atoms with Crippen molar-refractivity contribution in [2.75, 3.05) is 25.1 Å². The first-order valence-electron chi connectivity index (χ1n) is 9.92. The number of hydrogen-bond donors (Lipinski definition) is 1. The van der Waals surface area contributed by atoms with E-state index in [1.165, 1.54) is 11.1 Å². The van der Waals surface area contributed by atoms with E-state index in [9.17, 15) is 4.79 Å². The summed E-state index contributed by atoms with van der Waals surface area (Å²) in [5.74, 6) is 1.62. The van der Waals surface area contributed by atoms with E-state index >= 15 is 0 Å². The van der Waals surface area contributed by atoms with Crippen LogP contribution in [0, 0.1) is 0 Å². The highest BCUT2D eigenvalue weighted by molar-refractivity contribution is 5.94. The summed E-state index contributed by atoms with van der Waals surface area (Å²) in [6, 6.07) is 20.1. The van der Waals surface area contributed by atoms with E-state index in [0.29, 0.717) is 12.1 Å². The number of aromatic nitrogens is 1. The molecule has 3 aromatic rings. The van der Waals surface area contributed by atoms with Crippen LogP contribution in [0.1, 0.15) is 27.0 Å². The fraction of sp³-hybridized carbons (Fsp3) is 0.250. The fourth-order valence-corrected chi connectivity index (χ4v) is 3.64. The zero-order valence-electron chi connectivity index (χ0n) is 16.6. The first-order chi connectivity index (χ1) is 14.2. The average Bonchev–Trinajstić information content (AvgIpc) is 2.79. The van der Waals surface area contributed by atoms with Crippen molar-refractivity contribution in [1.29, 1.82) is 0 Å². The quantitative estimate of drug-likeness (QED) is 0.702. The first kappa shape index (κ1) is 19.0. The lowest BCUT2D eigenvalue weighted by Gasteiger charge is -2.29. The van der Waals surface area contributed by atoms with Gasteiger partial charge in [0.15, 0.2) is 0 Å². The molecule has 2 aromatic carbocycles. The minimum atomic E-state index is -0.0698. The van der Waals surface area contributed by atoms with E-state index in [0.717, 1.165) is 43.1 Å². The molecule has 148 valence electrons. The number of benzene rings is 2. The van der Waals surface area contributed by atoms with Crippen LogP contribution in [0.4, 0.5) is 5.82 Å². The number of carbonyl (C=O) groups is 1. The summed E-state index contributed by atoms with van der Waals surface area (Å²) in [4.78, 5) is 19.3. The number of fused-ring (bicyclic) bond motifs is 1. The number of nitrogens with one attached hydrogen (secondary N) is 1. The van der Waals surface area contributed by atoms with Crippen LogP contribution in [0.25, 0.3) is 0 Å². The zero-order valence-corrected chi connectivity index (χ0v) is 16.6. The topological polar surface area (TPSA) is 54.5 Å². The van der Waals surface area contributed by atoms with Gasteiger partial charge in [0.05, 0.1) is 7.11 Å². The van der Waals surface area contributed by atoms with Crippen LogP contribution in [0.15, 0.2) is 66.9 Å². The molecule has 0 saturated heterocycles. The minimum Gasteiger partial charge on any atom is -0.497 e. The highest BCUT2D eigenvalue weighted by Crippen LogP contribution is 2.23. The number of carbonyl (C=O) groups excluding carboxylic acids is 1. The number of nitrogens with zero attached hydrogens (tertiary/aromatic N) is 2. The zero-order chi connectivity index (χ0) is 20.1. The molecule has 0 aliphatic carbocycles. The van der Waals surface area contributed by atoms with Crippen molar-refractivity contribution in [2.45, 2.75) is 19.4 Å². The van der Waals surface area contributed by atoms with Gasteiger partial charge in [0.25, 0.3) is 5.91 Å². The monoisotopic (exact) mass is 387 g/mol. The number of hydrogen-bond acceptors (Lipinski definition) is 4. The SMILES string of the molecule is COc1ccc(CCNC(=O)c2ccnc(N3CCc4ccccc4C3)c2)cc1. The van der Waals surface area contributed by atoms with E-state index < -0.39 is 0 Å². The van der Waals surface area contributed by atoms with Crippen LogP contribution in [0.2, 0.25) is 0 Å². The third-order valence-electron chi connectivity index (χ3n) is 5.32. The standard InChI is InChI=1S/C24H25N3O2/c1-29-22-8-6-18(7-9-22)10-13-26-24(28)20-11-14-25-23(16-20)27-15-12-19-4-2-3-5-21(19)17-27/h2-9,11,14,16H,10,12-13,15,17H2,1H3,(H,26,28). The molecule has 0 bridgehead atoms. The smallest absolute Gasteiger partial charge is 0.251 e. The Morgan fingerprint density at radius 3 is 2.69 bits per heavy atom. The Kier molecular flexibility index (Phi) is 5.75. The third-order valence-corrected chi connectivity index (χ3v) is 5.32. The van der Waals surface area contributed by atoms with E-state index in [2.05, 4.69) is 39.5 Å². The summed E-state index contributed by atoms with van der Waals surface area (Å²) in [6.07, 6.45) is 3.49. The molecule has 1 aliphatic heterocycles. The van der Waals surface area contributed by atoms with Gasteiger partial charge in [-0.25, -0.2) is 4.98 Å². The maximum Gasteiger partial charge on any atom is 0.251 e. The molecule has 1 aliphatic rings. The predicted molar refractivity (Wildman–Crippen MR) is 114 cm³/mol. The van der Waals surface area contributed by atoms with Crippen LogP contribution in [-0.4, -0.2) is 31.1 Å². The number of ether oxygens (including phenoxy) is 1. The minimum absolute atomic E-state index is 0.0698. The van der Waals surface area contributed by atoms with E-state index in [1.807, 2.05) is 30.3 Å². The van der Waals surface area contributed by atoms with Gasteiger partial charge < -0.3 is 15.0 Å². The van der Waals surface area contributed by atoms with Crippen molar-refractivity contribution in [3.05, 3.63) is 89.1 Å². The molecule has 0 radical (unpaired) electrons. The van der Waals surface area contributed by atoms with Gasteiger partial charge in [-0.2, -0.15) is 0 Å². The number of pyridine rings is 1. The maximum absolute atomic E-state index is 12.6. The van der Waals surface area contributed by atoms with Gasteiger partial charge in [-0.15, -0.1) is 0 Å². The van der Waals surface area contributed by atoms with Gasteiger partial charge in [0, 0.05) is 31.4 Å². The fourth-order valence-electron chi connectivity index (χ4n) is 3.64. The van der Waals surface area contributed by atoms with Gasteiger partial charge in [-0.3, -0.25) is 4.79 Å². The largest absolute Gasteiger partial charge is 0.497 e. The molecule has 29 heavy (non-hydrogen) atoms. The van der Waals surface area contributed by atoms with Gasteiger partial charge in [0.1, 0.15) is 11.6 Å². The second-order valence-corrected chi connectivity index (χ2v) is 7.20. The van der Waals surface area contributed by atoms with Crippen molar-refractivity contribution in [2.24, 2.45) is 0 Å².